The van der Waals surface area contributed by atoms with E-state index in [1.165, 1.54) is 0 Å². The third kappa shape index (κ3) is 5.40. The maximum Gasteiger partial charge on any atom is 0.254 e. The van der Waals surface area contributed by atoms with Crippen LogP contribution in [0.5, 0.6) is 5.75 Å². The van der Waals surface area contributed by atoms with Gasteiger partial charge in [0, 0.05) is 40.4 Å². The van der Waals surface area contributed by atoms with Gasteiger partial charge in [-0.2, -0.15) is 0 Å². The van der Waals surface area contributed by atoms with E-state index in [1.807, 2.05) is 29.2 Å². The lowest BCUT2D eigenvalue weighted by Crippen LogP contribution is -2.40. The van der Waals surface area contributed by atoms with Gasteiger partial charge in [0.2, 0.25) is 0 Å². The topological polar surface area (TPSA) is 61.8 Å². The van der Waals surface area contributed by atoms with Crippen molar-refractivity contribution in [2.75, 3.05) is 26.3 Å². The first-order valence-electron chi connectivity index (χ1n) is 9.76. The van der Waals surface area contributed by atoms with Crippen molar-refractivity contribution < 1.29 is 14.6 Å². The summed E-state index contributed by atoms with van der Waals surface area (Å²) in [6.07, 6.45) is 0.740. The fourth-order valence-corrected chi connectivity index (χ4v) is 3.84. The average Bonchev–Trinajstić information content (AvgIpc) is 2.71. The van der Waals surface area contributed by atoms with Crippen molar-refractivity contribution in [1.82, 2.24) is 10.2 Å². The summed E-state index contributed by atoms with van der Waals surface area (Å²) in [4.78, 5) is 14.6. The highest BCUT2D eigenvalue weighted by Gasteiger charge is 2.19. The number of phenols is 1. The zero-order valence-corrected chi connectivity index (χ0v) is 18.5. The predicted molar refractivity (Wildman–Crippen MR) is 119 cm³/mol. The number of carbonyl (C=O) groups is 1. The van der Waals surface area contributed by atoms with Crippen molar-refractivity contribution in [2.45, 2.75) is 26.3 Å². The van der Waals surface area contributed by atoms with Crippen LogP contribution in [-0.4, -0.2) is 48.3 Å². The molecule has 3 rings (SSSR count). The fraction of sp³-hybridized carbons (Fsp3) is 0.348. The van der Waals surface area contributed by atoms with Crippen LogP contribution in [0.15, 0.2) is 47.4 Å². The molecule has 0 saturated carbocycles. The van der Waals surface area contributed by atoms with E-state index in [1.54, 1.807) is 12.1 Å². The molecule has 1 aliphatic rings. The Bertz CT molecular complexity index is 907. The second kappa shape index (κ2) is 9.46. The first-order valence-corrected chi connectivity index (χ1v) is 10.6. The Hall–Kier alpha value is -2.31. The molecular weight excluding hydrogens is 432 g/mol. The number of ether oxygens (including phenoxy) is 1. The maximum absolute atomic E-state index is 12.8. The molecule has 0 spiro atoms. The number of carbonyl (C=O) groups excluding carboxylic acids is 1. The molecule has 6 heteroatoms. The van der Waals surface area contributed by atoms with Gasteiger partial charge in [-0.3, -0.25) is 4.79 Å². The molecule has 1 aliphatic heterocycles. The van der Waals surface area contributed by atoms with Crippen molar-refractivity contribution in [1.29, 1.82) is 0 Å². The summed E-state index contributed by atoms with van der Waals surface area (Å²) in [5.74, 6) is 0.241. The van der Waals surface area contributed by atoms with Crippen molar-refractivity contribution in [3.8, 4) is 5.75 Å². The Kier molecular flexibility index (Phi) is 6.98. The second-order valence-electron chi connectivity index (χ2n) is 7.44. The van der Waals surface area contributed by atoms with Crippen molar-refractivity contribution in [3.63, 3.8) is 0 Å². The Morgan fingerprint density at radius 1 is 1.28 bits per heavy atom. The summed E-state index contributed by atoms with van der Waals surface area (Å²) in [5.41, 5.74) is 4.31. The molecule has 1 saturated heterocycles. The van der Waals surface area contributed by atoms with Crippen LogP contribution in [-0.2, 0) is 11.2 Å². The Morgan fingerprint density at radius 2 is 2.00 bits per heavy atom. The molecule has 1 amide bonds. The molecule has 1 atom stereocenters. The summed E-state index contributed by atoms with van der Waals surface area (Å²) in [6.45, 7) is 10.7. The van der Waals surface area contributed by atoms with E-state index in [0.717, 1.165) is 22.0 Å². The largest absolute Gasteiger partial charge is 0.507 e. The van der Waals surface area contributed by atoms with E-state index in [-0.39, 0.29) is 17.7 Å². The van der Waals surface area contributed by atoms with Gasteiger partial charge in [-0.1, -0.05) is 28.6 Å². The van der Waals surface area contributed by atoms with Crippen LogP contribution in [0.2, 0.25) is 0 Å². The molecule has 1 unspecified atom stereocenters. The normalized spacial score (nSPS) is 15.1. The van der Waals surface area contributed by atoms with Crippen LogP contribution in [0.4, 0.5) is 0 Å². The highest BCUT2D eigenvalue weighted by atomic mass is 79.9. The SMILES string of the molecule is C=C(NC(C)Cc1cc(C(=O)N2CCOCC2)ccc1C)c1cc(Br)ccc1O. The molecule has 2 N–H and O–H groups in total. The molecule has 2 aromatic carbocycles. The quantitative estimate of drug-likeness (QED) is 0.682. The number of phenolic OH excluding ortho intramolecular Hbond substituents is 1. The van der Waals surface area contributed by atoms with Gasteiger partial charge < -0.3 is 20.1 Å². The molecule has 5 nitrogen and oxygen atoms in total. The highest BCUT2D eigenvalue weighted by molar-refractivity contribution is 9.10. The molecule has 1 fully saturated rings. The lowest BCUT2D eigenvalue weighted by Gasteiger charge is -2.27. The molecule has 29 heavy (non-hydrogen) atoms. The van der Waals surface area contributed by atoms with Crippen LogP contribution < -0.4 is 5.32 Å². The number of nitrogens with zero attached hydrogens (tertiary/aromatic N) is 1. The Balaban J connectivity index is 1.69. The lowest BCUT2D eigenvalue weighted by molar-refractivity contribution is 0.0303. The van der Waals surface area contributed by atoms with Gasteiger partial charge in [-0.05, 0) is 61.7 Å². The number of benzene rings is 2. The monoisotopic (exact) mass is 458 g/mol. The first-order chi connectivity index (χ1) is 13.8. The number of aromatic hydroxyl groups is 1. The number of halogens is 1. The van der Waals surface area contributed by atoms with Crippen LogP contribution >= 0.6 is 15.9 Å². The number of morpholine rings is 1. The summed E-state index contributed by atoms with van der Waals surface area (Å²) >= 11 is 3.42. The van der Waals surface area contributed by atoms with Gasteiger partial charge in [0.25, 0.3) is 5.91 Å². The molecular formula is C23H27BrN2O3. The minimum atomic E-state index is 0.0543. The van der Waals surface area contributed by atoms with E-state index in [0.29, 0.717) is 43.1 Å². The number of hydrogen-bond acceptors (Lipinski definition) is 4. The average molecular weight is 459 g/mol. The molecule has 0 bridgehead atoms. The molecule has 0 radical (unpaired) electrons. The summed E-state index contributed by atoms with van der Waals surface area (Å²) in [7, 11) is 0. The van der Waals surface area contributed by atoms with Gasteiger partial charge in [-0.25, -0.2) is 0 Å². The molecule has 154 valence electrons. The maximum atomic E-state index is 12.8. The summed E-state index contributed by atoms with van der Waals surface area (Å²) in [5, 5.41) is 13.5. The zero-order valence-electron chi connectivity index (χ0n) is 16.9. The summed E-state index contributed by atoms with van der Waals surface area (Å²) < 4.78 is 6.22. The lowest BCUT2D eigenvalue weighted by atomic mass is 9.98. The highest BCUT2D eigenvalue weighted by Crippen LogP contribution is 2.27. The van der Waals surface area contributed by atoms with E-state index in [2.05, 4.69) is 41.7 Å². The number of nitrogens with one attached hydrogen (secondary N) is 1. The number of amides is 1. The minimum Gasteiger partial charge on any atom is -0.507 e. The van der Waals surface area contributed by atoms with E-state index in [4.69, 9.17) is 4.74 Å². The van der Waals surface area contributed by atoms with Crippen LogP contribution in [0.3, 0.4) is 0 Å². The van der Waals surface area contributed by atoms with Gasteiger partial charge in [-0.15, -0.1) is 0 Å². The number of aryl methyl sites for hydroxylation is 1. The number of hydrogen-bond donors (Lipinski definition) is 2. The third-order valence-electron chi connectivity index (χ3n) is 5.12. The second-order valence-corrected chi connectivity index (χ2v) is 8.35. The zero-order chi connectivity index (χ0) is 21.0. The van der Waals surface area contributed by atoms with Gasteiger partial charge in [0.15, 0.2) is 0 Å². The van der Waals surface area contributed by atoms with Gasteiger partial charge >= 0.3 is 0 Å². The Morgan fingerprint density at radius 3 is 2.72 bits per heavy atom. The summed E-state index contributed by atoms with van der Waals surface area (Å²) in [6, 6.07) is 11.2. The van der Waals surface area contributed by atoms with Crippen molar-refractivity contribution >= 4 is 27.5 Å². The first kappa shape index (κ1) is 21.4. The molecule has 1 heterocycles. The fourth-order valence-electron chi connectivity index (χ4n) is 3.48. The van der Waals surface area contributed by atoms with E-state index in [9.17, 15) is 9.90 Å². The standard InChI is InChI=1S/C23H27BrN2O3/c1-15-4-5-18(23(28)26-8-10-29-11-9-26)13-19(15)12-16(2)25-17(3)21-14-20(24)6-7-22(21)27/h4-7,13-14,16,25,27H,3,8-12H2,1-2H3. The predicted octanol–water partition coefficient (Wildman–Crippen LogP) is 4.13. The van der Waals surface area contributed by atoms with E-state index >= 15 is 0 Å². The van der Waals surface area contributed by atoms with Crippen molar-refractivity contribution in [2.24, 2.45) is 0 Å². The molecule has 2 aromatic rings. The van der Waals surface area contributed by atoms with Crippen LogP contribution in [0.1, 0.15) is 34.0 Å². The van der Waals surface area contributed by atoms with E-state index < -0.39 is 0 Å². The minimum absolute atomic E-state index is 0.0543. The van der Waals surface area contributed by atoms with Gasteiger partial charge in [0.05, 0.1) is 13.2 Å². The smallest absolute Gasteiger partial charge is 0.254 e. The van der Waals surface area contributed by atoms with Crippen LogP contribution in [0, 0.1) is 6.92 Å². The van der Waals surface area contributed by atoms with Crippen molar-refractivity contribution in [3.05, 3.63) is 69.7 Å². The van der Waals surface area contributed by atoms with Crippen LogP contribution in [0.25, 0.3) is 5.70 Å². The van der Waals surface area contributed by atoms with Gasteiger partial charge in [0.1, 0.15) is 5.75 Å². The Labute approximate surface area is 180 Å². The molecule has 0 aliphatic carbocycles. The number of rotatable bonds is 6. The third-order valence-corrected chi connectivity index (χ3v) is 5.62. The molecule has 0 aromatic heterocycles.